The van der Waals surface area contributed by atoms with E-state index in [1.54, 1.807) is 0 Å². The molecule has 0 aliphatic heterocycles. The summed E-state index contributed by atoms with van der Waals surface area (Å²) in [5.74, 6) is -29.6. The van der Waals surface area contributed by atoms with Crippen LogP contribution in [0, 0.1) is 0 Å². The van der Waals surface area contributed by atoms with Crippen LogP contribution in [0.4, 0.5) is 35.1 Å². The summed E-state index contributed by atoms with van der Waals surface area (Å²) >= 11 is 0. The highest BCUT2D eigenvalue weighted by molar-refractivity contribution is 5.77. The van der Waals surface area contributed by atoms with Gasteiger partial charge in [0, 0.05) is 0 Å². The summed E-state index contributed by atoms with van der Waals surface area (Å²) in [6.45, 7) is -2.86. The van der Waals surface area contributed by atoms with Crippen molar-refractivity contribution in [2.24, 2.45) is 0 Å². The smallest absolute Gasteiger partial charge is 0.410 e. The molecule has 17 heavy (non-hydrogen) atoms. The molecule has 0 saturated carbocycles. The first-order chi connectivity index (χ1) is 7.25. The lowest BCUT2D eigenvalue weighted by Gasteiger charge is -2.34. The molecule has 0 aromatic heterocycles. The third-order valence-electron chi connectivity index (χ3n) is 1.72. The van der Waals surface area contributed by atoms with Crippen molar-refractivity contribution >= 4 is 5.97 Å². The minimum atomic E-state index is -6.88. The maximum atomic E-state index is 12.4. The van der Waals surface area contributed by atoms with Crippen LogP contribution in [0.5, 0.6) is 0 Å². The number of alkyl halides is 8. The van der Waals surface area contributed by atoms with Crippen molar-refractivity contribution in [3.05, 3.63) is 0 Å². The number of carboxylic acids is 1. The SMILES string of the molecule is O=C(O)C(F)(F)C(F)(F)C(F)(F)C(F)(F)CO. The standard InChI is InChI=1S/C6H4F8O3/c7-3(8,1-15)5(11,12)6(13,14)4(9,10)2(16)17/h15H,1H2,(H,16,17). The molecule has 0 aliphatic rings. The molecule has 0 fully saturated rings. The van der Waals surface area contributed by atoms with E-state index in [1.807, 2.05) is 0 Å². The summed E-state index contributed by atoms with van der Waals surface area (Å²) < 4.78 is 98.7. The molecular formula is C6H4F8O3. The predicted molar refractivity (Wildman–Crippen MR) is 34.5 cm³/mol. The molecule has 0 saturated heterocycles. The second-order valence-electron chi connectivity index (χ2n) is 2.89. The summed E-state index contributed by atoms with van der Waals surface area (Å²) in [5, 5.41) is 15.3. The van der Waals surface area contributed by atoms with Gasteiger partial charge in [0.2, 0.25) is 0 Å². The van der Waals surface area contributed by atoms with Crippen LogP contribution in [-0.4, -0.2) is 46.5 Å². The van der Waals surface area contributed by atoms with Crippen LogP contribution in [0.25, 0.3) is 0 Å². The van der Waals surface area contributed by atoms with Gasteiger partial charge in [0.05, 0.1) is 0 Å². The largest absolute Gasteiger partial charge is 0.477 e. The van der Waals surface area contributed by atoms with E-state index in [4.69, 9.17) is 10.2 Å². The summed E-state index contributed by atoms with van der Waals surface area (Å²) in [6.07, 6.45) is 0. The Morgan fingerprint density at radius 1 is 0.882 bits per heavy atom. The molecule has 0 rings (SSSR count). The lowest BCUT2D eigenvalue weighted by atomic mass is 9.99. The molecule has 11 heteroatoms. The Morgan fingerprint density at radius 2 is 1.24 bits per heavy atom. The molecular weight excluding hydrogens is 272 g/mol. The van der Waals surface area contributed by atoms with E-state index in [2.05, 4.69) is 0 Å². The van der Waals surface area contributed by atoms with Gasteiger partial charge in [-0.15, -0.1) is 0 Å². The Bertz CT molecular complexity index is 312. The summed E-state index contributed by atoms with van der Waals surface area (Å²) in [7, 11) is 0. The van der Waals surface area contributed by atoms with Gasteiger partial charge < -0.3 is 10.2 Å². The summed E-state index contributed by atoms with van der Waals surface area (Å²) in [5.41, 5.74) is 0. The van der Waals surface area contributed by atoms with Crippen LogP contribution in [0.2, 0.25) is 0 Å². The molecule has 102 valence electrons. The highest BCUT2D eigenvalue weighted by atomic mass is 19.4. The first kappa shape index (κ1) is 15.9. The van der Waals surface area contributed by atoms with E-state index in [-0.39, 0.29) is 0 Å². The average molecular weight is 276 g/mol. The Morgan fingerprint density at radius 3 is 1.47 bits per heavy atom. The number of carbonyl (C=O) groups is 1. The first-order valence-electron chi connectivity index (χ1n) is 3.61. The maximum absolute atomic E-state index is 12.4. The fourth-order valence-corrected chi connectivity index (χ4v) is 0.660. The minimum absolute atomic E-state index is 2.86. The Kier molecular flexibility index (Phi) is 3.70. The number of halogens is 8. The zero-order chi connectivity index (χ0) is 14.3. The van der Waals surface area contributed by atoms with Crippen molar-refractivity contribution < 1.29 is 50.1 Å². The molecule has 0 aromatic carbocycles. The van der Waals surface area contributed by atoms with Gasteiger partial charge >= 0.3 is 29.7 Å². The molecule has 0 aliphatic carbocycles. The van der Waals surface area contributed by atoms with Crippen LogP contribution < -0.4 is 0 Å². The molecule has 0 unspecified atom stereocenters. The third kappa shape index (κ3) is 2.03. The van der Waals surface area contributed by atoms with Crippen molar-refractivity contribution in [1.29, 1.82) is 0 Å². The van der Waals surface area contributed by atoms with Gasteiger partial charge in [0.1, 0.15) is 6.61 Å². The van der Waals surface area contributed by atoms with Crippen LogP contribution in [0.15, 0.2) is 0 Å². The minimum Gasteiger partial charge on any atom is -0.477 e. The highest BCUT2D eigenvalue weighted by Gasteiger charge is 2.82. The van der Waals surface area contributed by atoms with Gasteiger partial charge in [-0.2, -0.15) is 35.1 Å². The van der Waals surface area contributed by atoms with Gasteiger partial charge in [-0.3, -0.25) is 0 Å². The molecule has 0 heterocycles. The number of hydrogen-bond donors (Lipinski definition) is 2. The Hall–Kier alpha value is -1.13. The van der Waals surface area contributed by atoms with E-state index < -0.39 is 36.3 Å². The van der Waals surface area contributed by atoms with Gasteiger partial charge in [-0.25, -0.2) is 4.79 Å². The second kappa shape index (κ2) is 3.96. The van der Waals surface area contributed by atoms with Crippen molar-refractivity contribution in [2.45, 2.75) is 23.7 Å². The molecule has 0 bridgehead atoms. The zero-order valence-electron chi connectivity index (χ0n) is 7.53. The van der Waals surface area contributed by atoms with Gasteiger partial charge in [-0.1, -0.05) is 0 Å². The van der Waals surface area contributed by atoms with Crippen LogP contribution >= 0.6 is 0 Å². The number of aliphatic carboxylic acids is 1. The van der Waals surface area contributed by atoms with Crippen molar-refractivity contribution in [3.63, 3.8) is 0 Å². The van der Waals surface area contributed by atoms with Crippen molar-refractivity contribution in [1.82, 2.24) is 0 Å². The molecule has 0 radical (unpaired) electrons. The average Bonchev–Trinajstić information content (AvgIpc) is 2.16. The predicted octanol–water partition coefficient (Wildman–Crippen LogP) is 1.60. The molecule has 0 atom stereocenters. The fourth-order valence-electron chi connectivity index (χ4n) is 0.660. The zero-order valence-corrected chi connectivity index (χ0v) is 7.53. The normalized spacial score (nSPS) is 14.9. The van der Waals surface area contributed by atoms with Crippen LogP contribution in [0.3, 0.4) is 0 Å². The molecule has 0 amide bonds. The van der Waals surface area contributed by atoms with Gasteiger partial charge in [0.25, 0.3) is 0 Å². The van der Waals surface area contributed by atoms with E-state index in [0.717, 1.165) is 0 Å². The van der Waals surface area contributed by atoms with Crippen molar-refractivity contribution in [3.8, 4) is 0 Å². The van der Waals surface area contributed by atoms with Crippen LogP contribution in [0.1, 0.15) is 0 Å². The molecule has 0 spiro atoms. The second-order valence-corrected chi connectivity index (χ2v) is 2.89. The quantitative estimate of drug-likeness (QED) is 0.750. The monoisotopic (exact) mass is 276 g/mol. The number of aliphatic hydroxyl groups excluding tert-OH is 1. The van der Waals surface area contributed by atoms with Crippen LogP contribution in [-0.2, 0) is 4.79 Å². The fraction of sp³-hybridized carbons (Fsp3) is 0.833. The molecule has 0 aromatic rings. The number of rotatable bonds is 5. The topological polar surface area (TPSA) is 57.5 Å². The Labute approximate surface area is 87.6 Å². The number of carboxylic acid groups (broad SMARTS) is 1. The third-order valence-corrected chi connectivity index (χ3v) is 1.72. The van der Waals surface area contributed by atoms with E-state index in [1.165, 1.54) is 0 Å². The molecule has 2 N–H and O–H groups in total. The first-order valence-corrected chi connectivity index (χ1v) is 3.61. The molecule has 3 nitrogen and oxygen atoms in total. The summed E-state index contributed by atoms with van der Waals surface area (Å²) in [6, 6.07) is 0. The van der Waals surface area contributed by atoms with E-state index in [9.17, 15) is 39.9 Å². The van der Waals surface area contributed by atoms with Gasteiger partial charge in [-0.05, 0) is 0 Å². The van der Waals surface area contributed by atoms with Gasteiger partial charge in [0.15, 0.2) is 0 Å². The lowest BCUT2D eigenvalue weighted by Crippen LogP contribution is -2.65. The highest BCUT2D eigenvalue weighted by Crippen LogP contribution is 2.52. The number of hydrogen-bond acceptors (Lipinski definition) is 2. The maximum Gasteiger partial charge on any atom is 0.410 e. The Balaban J connectivity index is 5.69. The lowest BCUT2D eigenvalue weighted by molar-refractivity contribution is -0.363. The van der Waals surface area contributed by atoms with E-state index >= 15 is 0 Å². The summed E-state index contributed by atoms with van der Waals surface area (Å²) in [4.78, 5) is 9.66. The van der Waals surface area contributed by atoms with E-state index in [0.29, 0.717) is 0 Å². The van der Waals surface area contributed by atoms with Crippen molar-refractivity contribution in [2.75, 3.05) is 6.61 Å². The number of aliphatic hydroxyl groups is 1.